The number of hydrogen-bond donors (Lipinski definition) is 0. The van der Waals surface area contributed by atoms with Gasteiger partial charge >= 0.3 is 5.00 Å². The van der Waals surface area contributed by atoms with Crippen LogP contribution in [0.1, 0.15) is 5.56 Å². The fourth-order valence-corrected chi connectivity index (χ4v) is 2.51. The Kier molecular flexibility index (Phi) is 2.67. The van der Waals surface area contributed by atoms with Gasteiger partial charge < -0.3 is 0 Å². The molecular formula is C6H7NO4S2. The zero-order valence-corrected chi connectivity index (χ0v) is 8.39. The van der Waals surface area contributed by atoms with Crippen molar-refractivity contribution in [3.63, 3.8) is 0 Å². The third-order valence-electron chi connectivity index (χ3n) is 1.31. The van der Waals surface area contributed by atoms with Crippen LogP contribution in [-0.2, 0) is 15.6 Å². The van der Waals surface area contributed by atoms with Gasteiger partial charge in [-0.2, -0.15) is 0 Å². The molecular weight excluding hydrogens is 214 g/mol. The minimum absolute atomic E-state index is 0.0922. The first kappa shape index (κ1) is 10.1. The monoisotopic (exact) mass is 221 g/mol. The highest BCUT2D eigenvalue weighted by Crippen LogP contribution is 2.26. The van der Waals surface area contributed by atoms with Crippen LogP contribution >= 0.6 is 11.3 Å². The Hall–Kier alpha value is -0.950. The highest BCUT2D eigenvalue weighted by Gasteiger charge is 2.18. The second-order valence-electron chi connectivity index (χ2n) is 2.58. The average Bonchev–Trinajstić information content (AvgIpc) is 2.31. The van der Waals surface area contributed by atoms with Crippen LogP contribution in [0.25, 0.3) is 0 Å². The second kappa shape index (κ2) is 3.43. The molecule has 1 rings (SSSR count). The maximum absolute atomic E-state index is 10.9. The van der Waals surface area contributed by atoms with Crippen molar-refractivity contribution in [2.75, 3.05) is 6.26 Å². The van der Waals surface area contributed by atoms with E-state index in [1.165, 1.54) is 11.4 Å². The summed E-state index contributed by atoms with van der Waals surface area (Å²) in [6.07, 6.45) is 1.05. The molecule has 0 radical (unpaired) electrons. The molecule has 1 heterocycles. The molecule has 0 amide bonds. The van der Waals surface area contributed by atoms with Crippen molar-refractivity contribution in [1.82, 2.24) is 0 Å². The molecule has 0 atom stereocenters. The standard InChI is InChI=1S/C6H7NO4S2/c1-13(10,11)4-5-2-3-12-6(5)7(8)9/h2-3H,4H2,1H3. The number of sulfone groups is 1. The molecule has 0 bridgehead atoms. The summed E-state index contributed by atoms with van der Waals surface area (Å²) in [4.78, 5) is 9.83. The van der Waals surface area contributed by atoms with E-state index in [1.54, 1.807) is 0 Å². The lowest BCUT2D eigenvalue weighted by Crippen LogP contribution is -2.01. The molecule has 0 aliphatic heterocycles. The first-order valence-electron chi connectivity index (χ1n) is 3.28. The average molecular weight is 221 g/mol. The van der Waals surface area contributed by atoms with Crippen LogP contribution in [-0.4, -0.2) is 19.6 Å². The molecule has 72 valence electrons. The topological polar surface area (TPSA) is 77.3 Å². The van der Waals surface area contributed by atoms with Gasteiger partial charge in [-0.15, -0.1) is 0 Å². The van der Waals surface area contributed by atoms with Gasteiger partial charge in [0.15, 0.2) is 9.84 Å². The fourth-order valence-electron chi connectivity index (χ4n) is 0.880. The minimum Gasteiger partial charge on any atom is -0.258 e. The van der Waals surface area contributed by atoms with Crippen molar-refractivity contribution >= 4 is 26.2 Å². The van der Waals surface area contributed by atoms with Gasteiger partial charge in [0.2, 0.25) is 0 Å². The zero-order chi connectivity index (χ0) is 10.1. The first-order chi connectivity index (χ1) is 5.90. The van der Waals surface area contributed by atoms with Gasteiger partial charge in [-0.1, -0.05) is 11.3 Å². The van der Waals surface area contributed by atoms with E-state index in [0.29, 0.717) is 0 Å². The van der Waals surface area contributed by atoms with Crippen LogP contribution in [0, 0.1) is 10.1 Å². The van der Waals surface area contributed by atoms with Gasteiger partial charge in [0.25, 0.3) is 0 Å². The quantitative estimate of drug-likeness (QED) is 0.567. The molecule has 0 spiro atoms. The summed E-state index contributed by atoms with van der Waals surface area (Å²) in [6, 6.07) is 1.46. The molecule has 0 aliphatic rings. The van der Waals surface area contributed by atoms with Crippen molar-refractivity contribution in [3.8, 4) is 0 Å². The largest absolute Gasteiger partial charge is 0.328 e. The number of hydrogen-bond acceptors (Lipinski definition) is 5. The second-order valence-corrected chi connectivity index (χ2v) is 5.61. The Morgan fingerprint density at radius 1 is 1.62 bits per heavy atom. The van der Waals surface area contributed by atoms with Gasteiger partial charge in [-0.05, 0) is 11.4 Å². The summed E-state index contributed by atoms with van der Waals surface area (Å²) in [5.41, 5.74) is 0.262. The van der Waals surface area contributed by atoms with E-state index in [2.05, 4.69) is 0 Å². The molecule has 13 heavy (non-hydrogen) atoms. The van der Waals surface area contributed by atoms with Crippen molar-refractivity contribution in [1.29, 1.82) is 0 Å². The molecule has 0 saturated carbocycles. The lowest BCUT2D eigenvalue weighted by atomic mass is 10.4. The molecule has 0 fully saturated rings. The SMILES string of the molecule is CS(=O)(=O)Cc1ccsc1[N+](=O)[O-]. The Morgan fingerprint density at radius 3 is 2.69 bits per heavy atom. The van der Waals surface area contributed by atoms with Crippen LogP contribution in [0.15, 0.2) is 11.4 Å². The molecule has 1 aromatic rings. The van der Waals surface area contributed by atoms with E-state index in [9.17, 15) is 18.5 Å². The highest BCUT2D eigenvalue weighted by atomic mass is 32.2. The van der Waals surface area contributed by atoms with Crippen molar-refractivity contribution in [2.45, 2.75) is 5.75 Å². The molecule has 0 N–H and O–H groups in total. The molecule has 7 heteroatoms. The molecule has 0 saturated heterocycles. The third-order valence-corrected chi connectivity index (χ3v) is 3.05. The Morgan fingerprint density at radius 2 is 2.23 bits per heavy atom. The predicted octanol–water partition coefficient (Wildman–Crippen LogP) is 1.20. The van der Waals surface area contributed by atoms with Crippen LogP contribution in [0.2, 0.25) is 0 Å². The van der Waals surface area contributed by atoms with E-state index in [1.807, 2.05) is 0 Å². The minimum atomic E-state index is -3.20. The van der Waals surface area contributed by atoms with E-state index in [0.717, 1.165) is 17.6 Å². The van der Waals surface area contributed by atoms with Crippen LogP contribution in [0.5, 0.6) is 0 Å². The van der Waals surface area contributed by atoms with Gasteiger partial charge in [-0.3, -0.25) is 10.1 Å². The summed E-state index contributed by atoms with van der Waals surface area (Å²) < 4.78 is 21.7. The molecule has 0 aliphatic carbocycles. The zero-order valence-electron chi connectivity index (χ0n) is 6.76. The van der Waals surface area contributed by atoms with Crippen LogP contribution in [0.4, 0.5) is 5.00 Å². The fraction of sp³-hybridized carbons (Fsp3) is 0.333. The van der Waals surface area contributed by atoms with Crippen molar-refractivity contribution in [2.24, 2.45) is 0 Å². The smallest absolute Gasteiger partial charge is 0.258 e. The van der Waals surface area contributed by atoms with Crippen LogP contribution < -0.4 is 0 Å². The van der Waals surface area contributed by atoms with Gasteiger partial charge in [-0.25, -0.2) is 8.42 Å². The Bertz CT molecular complexity index is 420. The normalized spacial score (nSPS) is 11.5. The maximum Gasteiger partial charge on any atom is 0.328 e. The number of nitro groups is 1. The summed E-state index contributed by atoms with van der Waals surface area (Å²) in [5.74, 6) is -0.271. The third kappa shape index (κ3) is 2.78. The lowest BCUT2D eigenvalue weighted by Gasteiger charge is -1.94. The first-order valence-corrected chi connectivity index (χ1v) is 6.22. The predicted molar refractivity (Wildman–Crippen MR) is 49.5 cm³/mol. The molecule has 1 aromatic heterocycles. The highest BCUT2D eigenvalue weighted by molar-refractivity contribution is 7.89. The molecule has 0 unspecified atom stereocenters. The van der Waals surface area contributed by atoms with Crippen molar-refractivity contribution in [3.05, 3.63) is 27.1 Å². The Labute approximate surface area is 79.1 Å². The maximum atomic E-state index is 10.9. The summed E-state index contributed by atoms with van der Waals surface area (Å²) in [7, 11) is -3.20. The van der Waals surface area contributed by atoms with E-state index < -0.39 is 14.8 Å². The van der Waals surface area contributed by atoms with Crippen LogP contribution in [0.3, 0.4) is 0 Å². The summed E-state index contributed by atoms with van der Waals surface area (Å²) in [5, 5.41) is 11.8. The Balaban J connectivity index is 3.02. The summed E-state index contributed by atoms with van der Waals surface area (Å²) >= 11 is 0.935. The number of thiophene rings is 1. The van der Waals surface area contributed by atoms with E-state index in [-0.39, 0.29) is 16.3 Å². The van der Waals surface area contributed by atoms with Gasteiger partial charge in [0, 0.05) is 6.26 Å². The van der Waals surface area contributed by atoms with E-state index in [4.69, 9.17) is 0 Å². The molecule has 5 nitrogen and oxygen atoms in total. The van der Waals surface area contributed by atoms with Crippen molar-refractivity contribution < 1.29 is 13.3 Å². The lowest BCUT2D eigenvalue weighted by molar-refractivity contribution is -0.380. The number of nitrogens with zero attached hydrogens (tertiary/aromatic N) is 1. The number of rotatable bonds is 3. The van der Waals surface area contributed by atoms with Gasteiger partial charge in [0.1, 0.15) is 0 Å². The molecule has 0 aromatic carbocycles. The summed E-state index contributed by atoms with van der Waals surface area (Å²) in [6.45, 7) is 0. The van der Waals surface area contributed by atoms with E-state index >= 15 is 0 Å². The van der Waals surface area contributed by atoms with Gasteiger partial charge in [0.05, 0.1) is 16.2 Å².